The number of aromatic nitrogens is 3. The van der Waals surface area contributed by atoms with Crippen LogP contribution in [0.2, 0.25) is 0 Å². The Morgan fingerprint density at radius 1 is 1.21 bits per heavy atom. The Labute approximate surface area is 240 Å². The van der Waals surface area contributed by atoms with Gasteiger partial charge in [0, 0.05) is 59.7 Å². The molecule has 7 nitrogen and oxygen atoms in total. The van der Waals surface area contributed by atoms with E-state index in [0.29, 0.717) is 43.9 Å². The molecule has 3 aromatic rings. The summed E-state index contributed by atoms with van der Waals surface area (Å²) in [6.45, 7) is 1.11. The fraction of sp³-hybridized carbons (Fsp3) is 0.500. The third-order valence-corrected chi connectivity index (χ3v) is 8.70. The van der Waals surface area contributed by atoms with Gasteiger partial charge < -0.3 is 15.4 Å². The van der Waals surface area contributed by atoms with Gasteiger partial charge in [-0.15, -0.1) is 0 Å². The lowest BCUT2D eigenvalue weighted by Gasteiger charge is -2.46. The Kier molecular flexibility index (Phi) is 7.88. The molecule has 1 aromatic carbocycles. The van der Waals surface area contributed by atoms with Crippen LogP contribution in [0.15, 0.2) is 54.3 Å². The van der Waals surface area contributed by atoms with Crippen LogP contribution < -0.4 is 5.32 Å². The van der Waals surface area contributed by atoms with Gasteiger partial charge in [0.1, 0.15) is 18.6 Å². The van der Waals surface area contributed by atoms with Gasteiger partial charge in [-0.25, -0.2) is 17.6 Å². The van der Waals surface area contributed by atoms with Gasteiger partial charge in [0.25, 0.3) is 5.92 Å². The highest BCUT2D eigenvalue weighted by molar-refractivity contribution is 5.89. The molecule has 0 saturated carbocycles. The molecule has 0 spiro atoms. The molecular weight excluding hydrogens is 555 g/mol. The smallest absolute Gasteiger partial charge is 0.283 e. The number of likely N-dealkylation sites (tertiary alicyclic amines) is 1. The molecule has 6 rings (SSSR count). The van der Waals surface area contributed by atoms with Crippen molar-refractivity contribution in [3.8, 4) is 11.1 Å². The predicted molar refractivity (Wildman–Crippen MR) is 150 cm³/mol. The molecule has 0 amide bonds. The lowest BCUT2D eigenvalue weighted by Crippen LogP contribution is -2.57. The largest absolute Gasteiger partial charge is 0.390 e. The highest BCUT2D eigenvalue weighted by atomic mass is 19.3. The summed E-state index contributed by atoms with van der Waals surface area (Å²) >= 11 is 0. The lowest BCUT2D eigenvalue weighted by molar-refractivity contribution is -0.0969. The van der Waals surface area contributed by atoms with E-state index in [-0.39, 0.29) is 12.7 Å². The topological polar surface area (TPSA) is 83.2 Å². The van der Waals surface area contributed by atoms with E-state index < -0.39 is 49.1 Å². The van der Waals surface area contributed by atoms with E-state index in [1.807, 2.05) is 18.2 Å². The maximum Gasteiger partial charge on any atom is 0.283 e. The number of aromatic amines is 2. The number of nitrogens with one attached hydrogen (secondary N) is 3. The average Bonchev–Trinajstić information content (AvgIpc) is 3.59. The first-order valence-electron chi connectivity index (χ1n) is 14.3. The monoisotopic (exact) mass is 590 g/mol. The second-order valence-corrected chi connectivity index (χ2v) is 11.7. The minimum absolute atomic E-state index is 0.0113. The van der Waals surface area contributed by atoms with Gasteiger partial charge >= 0.3 is 0 Å². The van der Waals surface area contributed by atoms with Crippen molar-refractivity contribution in [2.75, 3.05) is 39.5 Å². The number of rotatable bonds is 10. The maximum absolute atomic E-state index is 16.0. The van der Waals surface area contributed by atoms with Crippen molar-refractivity contribution in [3.63, 3.8) is 0 Å². The summed E-state index contributed by atoms with van der Waals surface area (Å²) in [7, 11) is 0. The molecule has 4 heterocycles. The molecule has 2 aromatic heterocycles. The number of halogens is 5. The van der Waals surface area contributed by atoms with E-state index in [4.69, 9.17) is 0 Å². The first-order valence-corrected chi connectivity index (χ1v) is 14.3. The Bertz CT molecular complexity index is 1460. The second kappa shape index (κ2) is 11.5. The molecule has 1 aliphatic carbocycles. The molecule has 12 heteroatoms. The van der Waals surface area contributed by atoms with Crippen LogP contribution in [0.5, 0.6) is 0 Å². The Hall–Kier alpha value is -3.22. The van der Waals surface area contributed by atoms with Crippen LogP contribution in [0.4, 0.5) is 22.0 Å². The number of H-pyrrole nitrogens is 2. The highest BCUT2D eigenvalue weighted by Gasteiger charge is 2.48. The number of hydrogen-bond donors (Lipinski definition) is 4. The molecule has 4 atom stereocenters. The number of nitrogens with zero attached hydrogens (tertiary/aromatic N) is 3. The van der Waals surface area contributed by atoms with Crippen molar-refractivity contribution >= 4 is 10.9 Å². The summed E-state index contributed by atoms with van der Waals surface area (Å²) in [5.41, 5.74) is 4.15. The van der Waals surface area contributed by atoms with Gasteiger partial charge in [0.05, 0.1) is 37.4 Å². The molecule has 0 radical (unpaired) electrons. The quantitative estimate of drug-likeness (QED) is 0.255. The van der Waals surface area contributed by atoms with Crippen LogP contribution in [0.1, 0.15) is 30.6 Å². The van der Waals surface area contributed by atoms with Gasteiger partial charge in [-0.1, -0.05) is 12.1 Å². The number of aliphatic hydroxyl groups excluding tert-OH is 1. The van der Waals surface area contributed by atoms with E-state index in [1.165, 1.54) is 17.1 Å². The van der Waals surface area contributed by atoms with Crippen LogP contribution in [0, 0.1) is 5.92 Å². The summed E-state index contributed by atoms with van der Waals surface area (Å²) in [6.07, 6.45) is 5.08. The van der Waals surface area contributed by atoms with Crippen LogP contribution in [-0.4, -0.2) is 93.7 Å². The van der Waals surface area contributed by atoms with Crippen molar-refractivity contribution in [1.29, 1.82) is 0 Å². The number of allylic oxidation sites excluding steroid dienone is 2. The van der Waals surface area contributed by atoms with Gasteiger partial charge in [-0.3, -0.25) is 19.3 Å². The summed E-state index contributed by atoms with van der Waals surface area (Å²) < 4.78 is 73.7. The standard InChI is InChI=1S/C30H35F5N6O/c1-17-7-23-22-4-3-18(19-11-36-37-12-19)8-26(22)39-28(23)29(41(17)15-30(34,35)16-42)27-24(32)9-20(10-25(27)33)38-21-13-40(14-21)6-2-5-31/h3-4,8-12,17,21,24,27,29,38-39,42H,2,5-7,13-16H2,1H3,(H,36,37)/t17-,24?,27?,29-/m1/s1. The highest BCUT2D eigenvalue weighted by Crippen LogP contribution is 2.47. The summed E-state index contributed by atoms with van der Waals surface area (Å²) in [6, 6.07) is 4.25. The molecule has 3 aliphatic rings. The zero-order chi connectivity index (χ0) is 29.6. The molecule has 2 unspecified atom stereocenters. The molecule has 1 saturated heterocycles. The summed E-state index contributed by atoms with van der Waals surface area (Å²) in [5, 5.41) is 20.2. The third-order valence-electron chi connectivity index (χ3n) is 8.70. The Morgan fingerprint density at radius 3 is 2.71 bits per heavy atom. The molecule has 4 N–H and O–H groups in total. The van der Waals surface area contributed by atoms with E-state index in [9.17, 15) is 18.3 Å². The van der Waals surface area contributed by atoms with E-state index >= 15 is 8.78 Å². The number of alkyl halides is 4. The van der Waals surface area contributed by atoms with E-state index in [0.717, 1.165) is 27.6 Å². The van der Waals surface area contributed by atoms with E-state index in [1.54, 1.807) is 19.3 Å². The molecule has 0 bridgehead atoms. The van der Waals surface area contributed by atoms with Crippen molar-refractivity contribution in [1.82, 2.24) is 30.3 Å². The predicted octanol–water partition coefficient (Wildman–Crippen LogP) is 4.81. The average molecular weight is 591 g/mol. The molecule has 42 heavy (non-hydrogen) atoms. The molecular formula is C30H35F5N6O. The van der Waals surface area contributed by atoms with E-state index in [2.05, 4.69) is 25.4 Å². The molecule has 1 fully saturated rings. The maximum atomic E-state index is 16.0. The first kappa shape index (κ1) is 28.9. The number of aliphatic hydroxyl groups is 1. The molecule has 226 valence electrons. The van der Waals surface area contributed by atoms with Gasteiger partial charge in [-0.2, -0.15) is 5.10 Å². The van der Waals surface area contributed by atoms with Crippen molar-refractivity contribution in [2.24, 2.45) is 5.92 Å². The zero-order valence-corrected chi connectivity index (χ0v) is 23.3. The van der Waals surface area contributed by atoms with Crippen LogP contribution in [0.3, 0.4) is 0 Å². The zero-order valence-electron chi connectivity index (χ0n) is 23.3. The van der Waals surface area contributed by atoms with Crippen molar-refractivity contribution < 1.29 is 27.1 Å². The Morgan fingerprint density at radius 2 is 2.02 bits per heavy atom. The minimum atomic E-state index is -3.45. The van der Waals surface area contributed by atoms with Crippen molar-refractivity contribution in [3.05, 3.63) is 65.5 Å². The molecule has 2 aliphatic heterocycles. The van der Waals surface area contributed by atoms with Gasteiger partial charge in [-0.05, 0) is 49.1 Å². The van der Waals surface area contributed by atoms with Crippen LogP contribution in [0.25, 0.3) is 22.0 Å². The van der Waals surface area contributed by atoms with Gasteiger partial charge in [0.15, 0.2) is 0 Å². The number of hydrogen-bond acceptors (Lipinski definition) is 5. The Balaban J connectivity index is 1.33. The second-order valence-electron chi connectivity index (χ2n) is 11.7. The SMILES string of the molecule is C[C@@H]1Cc2c([nH]c3cc(-c4cn[nH]c4)ccc23)[C@@H](C2C(F)=CC(NC3CN(CCCF)C3)=CC2F)N1CC(F)(F)CO. The lowest BCUT2D eigenvalue weighted by atomic mass is 9.80. The van der Waals surface area contributed by atoms with Crippen LogP contribution >= 0.6 is 0 Å². The fourth-order valence-electron chi connectivity index (χ4n) is 6.64. The van der Waals surface area contributed by atoms with Gasteiger partial charge in [0.2, 0.25) is 0 Å². The first-order chi connectivity index (χ1) is 20.2. The normalized spacial score (nSPS) is 25.7. The van der Waals surface area contributed by atoms with Crippen molar-refractivity contribution in [2.45, 2.75) is 50.0 Å². The number of fused-ring (bicyclic) bond motifs is 3. The third kappa shape index (κ3) is 5.47. The minimum Gasteiger partial charge on any atom is -0.390 e. The summed E-state index contributed by atoms with van der Waals surface area (Å²) in [5.74, 6) is -5.55. The number of benzene rings is 1. The summed E-state index contributed by atoms with van der Waals surface area (Å²) in [4.78, 5) is 6.83. The fourth-order valence-corrected chi connectivity index (χ4v) is 6.64. The van der Waals surface area contributed by atoms with Crippen LogP contribution in [-0.2, 0) is 6.42 Å².